The predicted molar refractivity (Wildman–Crippen MR) is 72.5 cm³/mol. The quantitative estimate of drug-likeness (QED) is 0.828. The molecule has 0 heterocycles. The Balaban J connectivity index is 0.000000399. The van der Waals surface area contributed by atoms with Gasteiger partial charge in [-0.1, -0.05) is 60.7 Å². The zero-order valence-corrected chi connectivity index (χ0v) is 10.4. The summed E-state index contributed by atoms with van der Waals surface area (Å²) in [6.45, 7) is 1.85. The lowest BCUT2D eigenvalue weighted by Crippen LogP contribution is -2.12. The number of halogens is 3. The predicted octanol–water partition coefficient (Wildman–Crippen LogP) is 3.86. The molecule has 0 unspecified atom stereocenters. The van der Waals surface area contributed by atoms with Crippen molar-refractivity contribution in [3.63, 3.8) is 0 Å². The first-order valence-electron chi connectivity index (χ1n) is 5.89. The lowest BCUT2D eigenvalue weighted by atomic mass is 10.2. The molecule has 0 aliphatic rings. The van der Waals surface area contributed by atoms with Gasteiger partial charge in [0.25, 0.3) is 0 Å². The summed E-state index contributed by atoms with van der Waals surface area (Å²) in [4.78, 5) is 0. The molecule has 2 aromatic rings. The van der Waals surface area contributed by atoms with Gasteiger partial charge in [-0.25, -0.2) is 0 Å². The highest BCUT2D eigenvalue weighted by Gasteiger charge is 2.06. The van der Waals surface area contributed by atoms with Crippen LogP contribution in [-0.4, -0.2) is 7.54 Å². The van der Waals surface area contributed by atoms with Gasteiger partial charge in [-0.15, -0.1) is 0 Å². The smallest absolute Gasteiger partial charge is 0.309 e. The molecule has 0 aliphatic carbocycles. The van der Waals surface area contributed by atoms with Crippen LogP contribution in [0.1, 0.15) is 11.1 Å². The zero-order chi connectivity index (χ0) is 13.9. The van der Waals surface area contributed by atoms with Gasteiger partial charge in [0, 0.05) is 13.1 Å². The maximum absolute atomic E-state index is 9.67. The molecule has 0 radical (unpaired) electrons. The van der Waals surface area contributed by atoms with Crippen LogP contribution in [0.25, 0.3) is 0 Å². The Hall–Kier alpha value is -1.75. The maximum Gasteiger partial charge on any atom is 0.762 e. The molecule has 0 aromatic heterocycles. The molecule has 19 heavy (non-hydrogen) atoms. The Morgan fingerprint density at radius 3 is 1.32 bits per heavy atom. The summed E-state index contributed by atoms with van der Waals surface area (Å²) in [6, 6.07) is 20.9. The van der Waals surface area contributed by atoms with E-state index in [2.05, 4.69) is 53.8 Å². The van der Waals surface area contributed by atoms with Gasteiger partial charge in [-0.2, -0.15) is 0 Å². The van der Waals surface area contributed by atoms with Gasteiger partial charge in [-0.05, 0) is 11.1 Å². The third-order valence-corrected chi connectivity index (χ3v) is 2.34. The molecule has 0 saturated carbocycles. The first-order chi connectivity index (χ1) is 9.18. The molecule has 2 rings (SSSR count). The average molecular weight is 265 g/mol. The highest BCUT2D eigenvalue weighted by molar-refractivity contribution is 6.33. The van der Waals surface area contributed by atoms with E-state index in [4.69, 9.17) is 0 Å². The van der Waals surface area contributed by atoms with E-state index < -0.39 is 7.54 Å². The van der Waals surface area contributed by atoms with Crippen molar-refractivity contribution in [2.24, 2.45) is 0 Å². The third kappa shape index (κ3) is 8.05. The Kier molecular flexibility index (Phi) is 7.43. The van der Waals surface area contributed by atoms with E-state index in [-0.39, 0.29) is 0 Å². The molecule has 0 atom stereocenters. The summed E-state index contributed by atoms with van der Waals surface area (Å²) >= 11 is 0. The summed E-state index contributed by atoms with van der Waals surface area (Å²) in [5, 5.41) is 3.42. The number of benzene rings is 2. The first kappa shape index (κ1) is 15.3. The second-order valence-corrected chi connectivity index (χ2v) is 3.82. The highest BCUT2D eigenvalue weighted by Crippen LogP contribution is 2.00. The van der Waals surface area contributed by atoms with Crippen LogP contribution in [0.4, 0.5) is 12.9 Å². The minimum atomic E-state index is -3.67. The molecule has 0 aliphatic heterocycles. The maximum atomic E-state index is 9.67. The normalized spacial score (nSPS) is 9.42. The third-order valence-electron chi connectivity index (χ3n) is 2.34. The van der Waals surface area contributed by atoms with Crippen LogP contribution in [-0.2, 0) is 13.1 Å². The van der Waals surface area contributed by atoms with Crippen molar-refractivity contribution in [2.45, 2.75) is 13.1 Å². The molecule has 0 spiro atoms. The second-order valence-electron chi connectivity index (χ2n) is 3.82. The monoisotopic (exact) mass is 265 g/mol. The summed E-state index contributed by atoms with van der Waals surface area (Å²) in [5.74, 6) is 0. The lowest BCUT2D eigenvalue weighted by Gasteiger charge is -2.04. The molecule has 5 heteroatoms. The fourth-order valence-electron chi connectivity index (χ4n) is 1.54. The van der Waals surface area contributed by atoms with E-state index in [1.165, 1.54) is 11.1 Å². The molecule has 1 nitrogen and oxygen atoms in total. The highest BCUT2D eigenvalue weighted by atomic mass is 19.4. The largest absolute Gasteiger partial charge is 0.762 e. The fraction of sp³-hybridized carbons (Fsp3) is 0.143. The van der Waals surface area contributed by atoms with Crippen LogP contribution in [0.2, 0.25) is 0 Å². The van der Waals surface area contributed by atoms with Gasteiger partial charge in [0.1, 0.15) is 0 Å². The molecular weight excluding hydrogens is 250 g/mol. The Labute approximate surface area is 111 Å². The van der Waals surface area contributed by atoms with Crippen LogP contribution in [0, 0.1) is 0 Å². The van der Waals surface area contributed by atoms with Gasteiger partial charge < -0.3 is 5.32 Å². The van der Waals surface area contributed by atoms with E-state index in [0.717, 1.165) is 13.1 Å². The summed E-state index contributed by atoms with van der Waals surface area (Å²) in [6.07, 6.45) is 0. The van der Waals surface area contributed by atoms with Crippen molar-refractivity contribution in [1.29, 1.82) is 0 Å². The average Bonchev–Trinajstić information content (AvgIpc) is 2.41. The van der Waals surface area contributed by atoms with Gasteiger partial charge in [0.15, 0.2) is 0 Å². The van der Waals surface area contributed by atoms with Crippen molar-refractivity contribution in [3.05, 3.63) is 71.8 Å². The molecule has 1 N–H and O–H groups in total. The van der Waals surface area contributed by atoms with E-state index in [1.807, 2.05) is 12.1 Å². The fourth-order valence-corrected chi connectivity index (χ4v) is 1.54. The van der Waals surface area contributed by atoms with Crippen molar-refractivity contribution in [3.8, 4) is 0 Å². The number of hydrogen-bond donors (Lipinski definition) is 1. The van der Waals surface area contributed by atoms with Crippen LogP contribution in [0.5, 0.6) is 0 Å². The standard InChI is InChI=1S/C14H15N.BF3/c1-3-7-13(8-4-1)11-15-12-14-9-5-2-6-10-14;2-1(3)4/h1-10,15H,11-12H2;. The van der Waals surface area contributed by atoms with Crippen LogP contribution < -0.4 is 5.32 Å². The summed E-state index contributed by atoms with van der Waals surface area (Å²) < 4.78 is 29.0. The number of nitrogens with one attached hydrogen (secondary N) is 1. The van der Waals surface area contributed by atoms with Crippen molar-refractivity contribution in [1.82, 2.24) is 5.32 Å². The zero-order valence-electron chi connectivity index (χ0n) is 10.4. The van der Waals surface area contributed by atoms with Crippen LogP contribution in [0.3, 0.4) is 0 Å². The van der Waals surface area contributed by atoms with Crippen molar-refractivity contribution >= 4 is 7.54 Å². The lowest BCUT2D eigenvalue weighted by molar-refractivity contribution is 0.535. The van der Waals surface area contributed by atoms with Gasteiger partial charge in [0.05, 0.1) is 0 Å². The van der Waals surface area contributed by atoms with Crippen LogP contribution in [0.15, 0.2) is 60.7 Å². The van der Waals surface area contributed by atoms with Crippen molar-refractivity contribution < 1.29 is 12.9 Å². The minimum Gasteiger partial charge on any atom is -0.309 e. The summed E-state index contributed by atoms with van der Waals surface area (Å²) in [5.41, 5.74) is 2.65. The second kappa shape index (κ2) is 9.22. The molecule has 2 aromatic carbocycles. The van der Waals surface area contributed by atoms with E-state index >= 15 is 0 Å². The van der Waals surface area contributed by atoms with Gasteiger partial charge in [0.2, 0.25) is 0 Å². The first-order valence-corrected chi connectivity index (χ1v) is 5.89. The van der Waals surface area contributed by atoms with E-state index in [9.17, 15) is 12.9 Å². The van der Waals surface area contributed by atoms with Crippen molar-refractivity contribution in [2.75, 3.05) is 0 Å². The molecule has 0 fully saturated rings. The summed E-state index contributed by atoms with van der Waals surface area (Å²) in [7, 11) is -3.67. The molecule has 0 bridgehead atoms. The minimum absolute atomic E-state index is 0.926. The van der Waals surface area contributed by atoms with Crippen LogP contribution >= 0.6 is 0 Å². The number of hydrogen-bond acceptors (Lipinski definition) is 1. The molecular formula is C14H15BF3N. The Morgan fingerprint density at radius 2 is 1.00 bits per heavy atom. The molecule has 0 saturated heterocycles. The van der Waals surface area contributed by atoms with E-state index in [0.29, 0.717) is 0 Å². The van der Waals surface area contributed by atoms with Gasteiger partial charge >= 0.3 is 7.54 Å². The SMILES string of the molecule is FB(F)F.c1ccc(CNCc2ccccc2)cc1. The van der Waals surface area contributed by atoms with E-state index in [1.54, 1.807) is 0 Å². The van der Waals surface area contributed by atoms with Gasteiger partial charge in [-0.3, -0.25) is 12.9 Å². The molecule has 0 amide bonds. The number of rotatable bonds is 4. The topological polar surface area (TPSA) is 12.0 Å². The Morgan fingerprint density at radius 1 is 0.684 bits per heavy atom. The molecule has 100 valence electrons. The Bertz CT molecular complexity index is 395.